The summed E-state index contributed by atoms with van der Waals surface area (Å²) < 4.78 is 10.1. The summed E-state index contributed by atoms with van der Waals surface area (Å²) in [6.07, 6.45) is 8.22. The molecule has 1 aliphatic heterocycles. The summed E-state index contributed by atoms with van der Waals surface area (Å²) in [5, 5.41) is 11.0. The van der Waals surface area contributed by atoms with Gasteiger partial charge in [-0.25, -0.2) is 4.79 Å². The molecule has 0 aliphatic carbocycles. The number of esters is 1. The Labute approximate surface area is 208 Å². The van der Waals surface area contributed by atoms with Crippen LogP contribution in [0.1, 0.15) is 22.8 Å². The number of halogens is 1. The fraction of sp³-hybridized carbons (Fsp3) is 0.148. The number of nitrogens with zero attached hydrogens (tertiary/aromatic N) is 1. The first kappa shape index (κ1) is 25.5. The second-order valence-electron chi connectivity index (χ2n) is 7.30. The molecule has 0 spiro atoms. The van der Waals surface area contributed by atoms with Crippen molar-refractivity contribution in [1.29, 1.82) is 0 Å². The van der Waals surface area contributed by atoms with Crippen LogP contribution in [0.5, 0.6) is 5.75 Å². The molecule has 0 bridgehead atoms. The van der Waals surface area contributed by atoms with Crippen LogP contribution in [0.3, 0.4) is 0 Å². The largest absolute Gasteiger partial charge is 0.507 e. The van der Waals surface area contributed by atoms with Crippen LogP contribution in [0.15, 0.2) is 90.0 Å². The Morgan fingerprint density at radius 3 is 2.23 bits per heavy atom. The van der Waals surface area contributed by atoms with Crippen LogP contribution in [0.25, 0.3) is 5.76 Å². The van der Waals surface area contributed by atoms with Gasteiger partial charge >= 0.3 is 5.97 Å². The average Bonchev–Trinajstić information content (AvgIpc) is 3.13. The quantitative estimate of drug-likeness (QED) is 0.183. The number of carbonyl (C=O) groups is 3. The Hall–Kier alpha value is -4.10. The van der Waals surface area contributed by atoms with E-state index in [4.69, 9.17) is 21.1 Å². The van der Waals surface area contributed by atoms with Gasteiger partial charge in [-0.2, -0.15) is 0 Å². The standard InChI is InChI=1S/C27H24ClNO6/c1-3-35-27(33)19-9-13-20(14-10-19)29-22(8-6-4-5-7-17-28)23(25(31)26(29)32)24(30)18-11-15-21(34-2)16-12-18/h4-17,22,30H,3H2,1-2H3/b5-4-,8-6+,17-7+,24-23?/t22-/m0/s1. The number of ketones is 1. The number of Topliss-reactive ketones (excluding diaryl/α,β-unsaturated/α-hetero) is 1. The maximum absolute atomic E-state index is 13.1. The van der Waals surface area contributed by atoms with Gasteiger partial charge in [-0.3, -0.25) is 14.5 Å². The van der Waals surface area contributed by atoms with Crippen molar-refractivity contribution in [2.45, 2.75) is 13.0 Å². The van der Waals surface area contributed by atoms with Crippen molar-refractivity contribution in [3.05, 3.63) is 101 Å². The molecule has 3 rings (SSSR count). The molecule has 1 N–H and O–H groups in total. The lowest BCUT2D eigenvalue weighted by molar-refractivity contribution is -0.132. The van der Waals surface area contributed by atoms with Gasteiger partial charge < -0.3 is 14.6 Å². The van der Waals surface area contributed by atoms with Crippen LogP contribution in [0.4, 0.5) is 5.69 Å². The van der Waals surface area contributed by atoms with Crippen molar-refractivity contribution >= 4 is 40.7 Å². The van der Waals surface area contributed by atoms with Gasteiger partial charge in [0.2, 0.25) is 0 Å². The number of hydrogen-bond donors (Lipinski definition) is 1. The first-order valence-electron chi connectivity index (χ1n) is 10.8. The predicted molar refractivity (Wildman–Crippen MR) is 134 cm³/mol. The van der Waals surface area contributed by atoms with Crippen molar-refractivity contribution < 1.29 is 29.0 Å². The Balaban J connectivity index is 2.07. The lowest BCUT2D eigenvalue weighted by Gasteiger charge is -2.22. The summed E-state index contributed by atoms with van der Waals surface area (Å²) in [5.74, 6) is -1.85. The number of ether oxygens (including phenoxy) is 2. The SMILES string of the molecule is CCOC(=O)c1ccc(N2C(=O)C(=O)C(=C(O)c3ccc(OC)cc3)[C@@H]2/C=C/C=C\C=C\Cl)cc1. The molecule has 2 aromatic rings. The van der Waals surface area contributed by atoms with Crippen molar-refractivity contribution in [3.63, 3.8) is 0 Å². The number of anilines is 1. The number of aliphatic hydroxyl groups is 1. The summed E-state index contributed by atoms with van der Waals surface area (Å²) in [4.78, 5) is 39.4. The smallest absolute Gasteiger partial charge is 0.338 e. The Bertz CT molecular complexity index is 1210. The highest BCUT2D eigenvalue weighted by atomic mass is 35.5. The van der Waals surface area contributed by atoms with Crippen LogP contribution in [-0.2, 0) is 14.3 Å². The number of benzene rings is 2. The van der Waals surface area contributed by atoms with E-state index in [0.29, 0.717) is 22.6 Å². The molecule has 180 valence electrons. The molecule has 1 heterocycles. The van der Waals surface area contributed by atoms with E-state index in [2.05, 4.69) is 0 Å². The zero-order chi connectivity index (χ0) is 25.4. The number of carbonyl (C=O) groups excluding carboxylic acids is 3. The maximum Gasteiger partial charge on any atom is 0.338 e. The third-order valence-electron chi connectivity index (χ3n) is 5.21. The Morgan fingerprint density at radius 1 is 1.00 bits per heavy atom. The third-order valence-corrected chi connectivity index (χ3v) is 5.35. The van der Waals surface area contributed by atoms with Gasteiger partial charge in [0.15, 0.2) is 0 Å². The zero-order valence-electron chi connectivity index (χ0n) is 19.2. The third kappa shape index (κ3) is 5.70. The number of amides is 1. The number of hydrogen-bond acceptors (Lipinski definition) is 6. The highest BCUT2D eigenvalue weighted by Gasteiger charge is 2.45. The second kappa shape index (κ2) is 11.9. The maximum atomic E-state index is 13.1. The molecule has 1 atom stereocenters. The molecule has 1 saturated heterocycles. The van der Waals surface area contributed by atoms with Gasteiger partial charge in [0.05, 0.1) is 30.9 Å². The second-order valence-corrected chi connectivity index (χ2v) is 7.55. The first-order valence-corrected chi connectivity index (χ1v) is 11.2. The van der Waals surface area contributed by atoms with Gasteiger partial charge in [0.25, 0.3) is 11.7 Å². The molecule has 0 radical (unpaired) electrons. The first-order chi connectivity index (χ1) is 16.9. The van der Waals surface area contributed by atoms with Crippen LogP contribution in [-0.4, -0.2) is 42.5 Å². The average molecular weight is 494 g/mol. The number of allylic oxidation sites excluding steroid dienone is 4. The summed E-state index contributed by atoms with van der Waals surface area (Å²) in [6.45, 7) is 1.94. The molecule has 1 fully saturated rings. The monoisotopic (exact) mass is 493 g/mol. The molecule has 8 heteroatoms. The topological polar surface area (TPSA) is 93.1 Å². The molecular weight excluding hydrogens is 470 g/mol. The molecule has 35 heavy (non-hydrogen) atoms. The Kier molecular flexibility index (Phi) is 8.64. The molecule has 1 amide bonds. The van der Waals surface area contributed by atoms with E-state index < -0.39 is 23.7 Å². The molecule has 7 nitrogen and oxygen atoms in total. The van der Waals surface area contributed by atoms with Gasteiger partial charge in [-0.05, 0) is 55.5 Å². The lowest BCUT2D eigenvalue weighted by Crippen LogP contribution is -2.33. The predicted octanol–water partition coefficient (Wildman–Crippen LogP) is 4.99. The molecule has 1 aliphatic rings. The van der Waals surface area contributed by atoms with Crippen molar-refractivity contribution in [1.82, 2.24) is 0 Å². The van der Waals surface area contributed by atoms with E-state index in [1.54, 1.807) is 73.7 Å². The summed E-state index contributed by atoms with van der Waals surface area (Å²) in [6, 6.07) is 11.7. The van der Waals surface area contributed by atoms with E-state index in [1.165, 1.54) is 29.7 Å². The van der Waals surface area contributed by atoms with Gasteiger partial charge in [0.1, 0.15) is 11.5 Å². The van der Waals surface area contributed by atoms with Gasteiger partial charge in [-0.15, -0.1) is 0 Å². The highest BCUT2D eigenvalue weighted by molar-refractivity contribution is 6.52. The fourth-order valence-electron chi connectivity index (χ4n) is 3.54. The minimum atomic E-state index is -0.893. The van der Waals surface area contributed by atoms with Crippen molar-refractivity contribution in [2.24, 2.45) is 0 Å². The summed E-state index contributed by atoms with van der Waals surface area (Å²) in [7, 11) is 1.52. The minimum Gasteiger partial charge on any atom is -0.507 e. The van der Waals surface area contributed by atoms with Crippen LogP contribution in [0, 0.1) is 0 Å². The van der Waals surface area contributed by atoms with Crippen LogP contribution in [0.2, 0.25) is 0 Å². The summed E-state index contributed by atoms with van der Waals surface area (Å²) in [5.41, 5.74) is 2.33. The zero-order valence-corrected chi connectivity index (χ0v) is 19.9. The van der Waals surface area contributed by atoms with Crippen molar-refractivity contribution in [2.75, 3.05) is 18.6 Å². The van der Waals surface area contributed by atoms with Crippen molar-refractivity contribution in [3.8, 4) is 5.75 Å². The molecule has 0 unspecified atom stereocenters. The van der Waals surface area contributed by atoms with Gasteiger partial charge in [-0.1, -0.05) is 42.0 Å². The molecule has 0 saturated carbocycles. The van der Waals surface area contributed by atoms with E-state index in [1.807, 2.05) is 0 Å². The molecule has 2 aromatic carbocycles. The number of aliphatic hydroxyl groups excluding tert-OH is 1. The number of rotatable bonds is 8. The van der Waals surface area contributed by atoms with Gasteiger partial charge in [0, 0.05) is 16.8 Å². The lowest BCUT2D eigenvalue weighted by atomic mass is 10.00. The normalized spacial score (nSPS) is 17.7. The van der Waals surface area contributed by atoms with E-state index in [9.17, 15) is 19.5 Å². The van der Waals surface area contributed by atoms with E-state index in [-0.39, 0.29) is 17.9 Å². The Morgan fingerprint density at radius 2 is 1.63 bits per heavy atom. The highest BCUT2D eigenvalue weighted by Crippen LogP contribution is 2.34. The molecule has 0 aromatic heterocycles. The fourth-order valence-corrected chi connectivity index (χ4v) is 3.62. The van der Waals surface area contributed by atoms with Crippen LogP contribution < -0.4 is 9.64 Å². The van der Waals surface area contributed by atoms with E-state index in [0.717, 1.165) is 0 Å². The minimum absolute atomic E-state index is 0.0628. The van der Waals surface area contributed by atoms with E-state index >= 15 is 0 Å². The summed E-state index contributed by atoms with van der Waals surface area (Å²) >= 11 is 5.52. The van der Waals surface area contributed by atoms with Crippen LogP contribution >= 0.6 is 11.6 Å². The number of methoxy groups -OCH3 is 1. The molecular formula is C27H24ClNO6.